The lowest BCUT2D eigenvalue weighted by molar-refractivity contribution is 0.251. The highest BCUT2D eigenvalue weighted by atomic mass is 19.1. The van der Waals surface area contributed by atoms with E-state index in [4.69, 9.17) is 11.5 Å². The molecule has 5 N–H and O–H groups in total. The summed E-state index contributed by atoms with van der Waals surface area (Å²) in [5, 5.41) is 2.43. The number of primary amides is 1. The molecule has 1 aromatic rings. The van der Waals surface area contributed by atoms with E-state index in [0.29, 0.717) is 5.70 Å². The minimum absolute atomic E-state index is 0.124. The summed E-state index contributed by atoms with van der Waals surface area (Å²) < 4.78 is 13.1. The Hall–Kier alpha value is -2.76. The van der Waals surface area contributed by atoms with Crippen LogP contribution < -0.4 is 16.8 Å². The molecule has 1 atom stereocenters. The Morgan fingerprint density at radius 3 is 2.70 bits per heavy atom. The fourth-order valence-electron chi connectivity index (χ4n) is 2.81. The number of allylic oxidation sites excluding steroid dienone is 2. The summed E-state index contributed by atoms with van der Waals surface area (Å²) in [4.78, 5) is 13.1. The summed E-state index contributed by atoms with van der Waals surface area (Å²) in [5.74, 6) is -0.255. The SMILES string of the molecule is C=C(/C=C(\C=C/N)N1CCCC1c1ccc(F)cc1)NC(N)=O. The fraction of sp³-hybridized carbons (Fsp3) is 0.235. The molecule has 1 fully saturated rings. The van der Waals surface area contributed by atoms with Crippen molar-refractivity contribution in [3.8, 4) is 0 Å². The number of urea groups is 1. The van der Waals surface area contributed by atoms with Gasteiger partial charge in [-0.05, 0) is 48.9 Å². The van der Waals surface area contributed by atoms with Crippen LogP contribution in [0, 0.1) is 5.82 Å². The molecular formula is C17H21FN4O. The van der Waals surface area contributed by atoms with Crippen molar-refractivity contribution in [1.82, 2.24) is 10.2 Å². The first-order chi connectivity index (χ1) is 11.0. The van der Waals surface area contributed by atoms with E-state index in [1.807, 2.05) is 0 Å². The number of nitrogens with two attached hydrogens (primary N) is 2. The minimum Gasteiger partial charge on any atom is -0.405 e. The van der Waals surface area contributed by atoms with Crippen molar-refractivity contribution in [2.24, 2.45) is 11.5 Å². The molecule has 5 nitrogen and oxygen atoms in total. The summed E-state index contributed by atoms with van der Waals surface area (Å²) in [6, 6.07) is 5.96. The van der Waals surface area contributed by atoms with E-state index in [9.17, 15) is 9.18 Å². The number of amides is 2. The topological polar surface area (TPSA) is 84.4 Å². The van der Waals surface area contributed by atoms with Crippen LogP contribution in [0.4, 0.5) is 9.18 Å². The molecule has 1 aliphatic rings. The summed E-state index contributed by atoms with van der Waals surface area (Å²) in [6.07, 6.45) is 6.86. The Labute approximate surface area is 135 Å². The molecule has 0 spiro atoms. The van der Waals surface area contributed by atoms with Gasteiger partial charge in [0.15, 0.2) is 0 Å². The second kappa shape index (κ2) is 7.49. The largest absolute Gasteiger partial charge is 0.405 e. The second-order valence-corrected chi connectivity index (χ2v) is 5.35. The highest BCUT2D eigenvalue weighted by Gasteiger charge is 2.26. The van der Waals surface area contributed by atoms with E-state index in [1.165, 1.54) is 18.3 Å². The number of carbonyl (C=O) groups is 1. The molecule has 0 radical (unpaired) electrons. The summed E-state index contributed by atoms with van der Waals surface area (Å²) in [7, 11) is 0. The van der Waals surface area contributed by atoms with Crippen molar-refractivity contribution in [1.29, 1.82) is 0 Å². The van der Waals surface area contributed by atoms with Crippen LogP contribution >= 0.6 is 0 Å². The minimum atomic E-state index is -0.668. The Kier molecular flexibility index (Phi) is 5.41. The quantitative estimate of drug-likeness (QED) is 0.730. The molecule has 122 valence electrons. The van der Waals surface area contributed by atoms with Gasteiger partial charge in [-0.1, -0.05) is 18.7 Å². The van der Waals surface area contributed by atoms with Crippen LogP contribution in [0.2, 0.25) is 0 Å². The van der Waals surface area contributed by atoms with Crippen LogP contribution in [-0.4, -0.2) is 17.5 Å². The number of rotatable bonds is 5. The van der Waals surface area contributed by atoms with Crippen LogP contribution in [-0.2, 0) is 0 Å². The van der Waals surface area contributed by atoms with Gasteiger partial charge in [-0.2, -0.15) is 0 Å². The monoisotopic (exact) mass is 316 g/mol. The molecule has 1 aromatic carbocycles. The standard InChI is InChI=1S/C17H21FN4O/c1-12(21-17(20)23)11-15(8-9-19)22-10-2-3-16(22)13-4-6-14(18)7-5-13/h4-9,11,16H,1-3,10,19H2,(H3,20,21,23)/b9-8-,15-11+. The average Bonchev–Trinajstić information content (AvgIpc) is 2.96. The van der Waals surface area contributed by atoms with Crippen LogP contribution in [0.25, 0.3) is 0 Å². The van der Waals surface area contributed by atoms with Crippen LogP contribution in [0.1, 0.15) is 24.4 Å². The molecule has 2 amide bonds. The van der Waals surface area contributed by atoms with Gasteiger partial charge in [0, 0.05) is 17.9 Å². The van der Waals surface area contributed by atoms with Crippen LogP contribution in [0.3, 0.4) is 0 Å². The van der Waals surface area contributed by atoms with Gasteiger partial charge in [0.05, 0.1) is 6.04 Å². The Morgan fingerprint density at radius 2 is 2.09 bits per heavy atom. The lowest BCUT2D eigenvalue weighted by Crippen LogP contribution is -2.28. The maximum atomic E-state index is 13.1. The lowest BCUT2D eigenvalue weighted by atomic mass is 10.0. The van der Waals surface area contributed by atoms with Gasteiger partial charge in [-0.15, -0.1) is 0 Å². The maximum absolute atomic E-state index is 13.1. The molecule has 2 rings (SSSR count). The molecule has 0 bridgehead atoms. The van der Waals surface area contributed by atoms with Crippen molar-refractivity contribution in [2.45, 2.75) is 18.9 Å². The third-order valence-corrected chi connectivity index (χ3v) is 3.71. The van der Waals surface area contributed by atoms with Crippen molar-refractivity contribution in [2.75, 3.05) is 6.54 Å². The number of carbonyl (C=O) groups excluding carboxylic acids is 1. The molecule has 1 saturated heterocycles. The Bertz CT molecular complexity index is 636. The first kappa shape index (κ1) is 16.6. The molecule has 1 aliphatic heterocycles. The molecule has 1 unspecified atom stereocenters. The predicted octanol–water partition coefficient (Wildman–Crippen LogP) is 2.50. The first-order valence-corrected chi connectivity index (χ1v) is 7.38. The molecule has 1 heterocycles. The zero-order valence-electron chi connectivity index (χ0n) is 12.8. The summed E-state index contributed by atoms with van der Waals surface area (Å²) in [6.45, 7) is 4.59. The Morgan fingerprint density at radius 1 is 1.39 bits per heavy atom. The highest BCUT2D eigenvalue weighted by molar-refractivity contribution is 5.74. The van der Waals surface area contributed by atoms with Gasteiger partial charge in [0.2, 0.25) is 0 Å². The molecule has 0 saturated carbocycles. The van der Waals surface area contributed by atoms with Crippen molar-refractivity contribution < 1.29 is 9.18 Å². The molecule has 6 heteroatoms. The molecule has 0 aromatic heterocycles. The lowest BCUT2D eigenvalue weighted by Gasteiger charge is -2.28. The van der Waals surface area contributed by atoms with Crippen molar-refractivity contribution in [3.05, 3.63) is 72.0 Å². The Balaban J connectivity index is 2.26. The number of halogens is 1. The van der Waals surface area contributed by atoms with Gasteiger partial charge in [-0.25, -0.2) is 9.18 Å². The average molecular weight is 316 g/mol. The number of nitrogens with zero attached hydrogens (tertiary/aromatic N) is 1. The first-order valence-electron chi connectivity index (χ1n) is 7.38. The van der Waals surface area contributed by atoms with E-state index in [0.717, 1.165) is 30.6 Å². The smallest absolute Gasteiger partial charge is 0.316 e. The normalized spacial score (nSPS) is 18.4. The third-order valence-electron chi connectivity index (χ3n) is 3.71. The second-order valence-electron chi connectivity index (χ2n) is 5.35. The maximum Gasteiger partial charge on any atom is 0.316 e. The van der Waals surface area contributed by atoms with Crippen molar-refractivity contribution in [3.63, 3.8) is 0 Å². The highest BCUT2D eigenvalue weighted by Crippen LogP contribution is 2.35. The number of hydrogen-bond donors (Lipinski definition) is 3. The number of likely N-dealkylation sites (tertiary alicyclic amines) is 1. The number of nitrogens with one attached hydrogen (secondary N) is 1. The zero-order chi connectivity index (χ0) is 16.8. The van der Waals surface area contributed by atoms with Crippen LogP contribution in [0.15, 0.2) is 60.6 Å². The van der Waals surface area contributed by atoms with Gasteiger partial charge in [-0.3, -0.25) is 0 Å². The van der Waals surface area contributed by atoms with Gasteiger partial charge in [0.25, 0.3) is 0 Å². The number of benzene rings is 1. The molecule has 0 aliphatic carbocycles. The van der Waals surface area contributed by atoms with Gasteiger partial charge >= 0.3 is 6.03 Å². The van der Waals surface area contributed by atoms with E-state index in [2.05, 4.69) is 16.8 Å². The predicted molar refractivity (Wildman–Crippen MR) is 88.4 cm³/mol. The molecular weight excluding hydrogens is 295 g/mol. The zero-order valence-corrected chi connectivity index (χ0v) is 12.8. The van der Waals surface area contributed by atoms with E-state index in [-0.39, 0.29) is 11.9 Å². The number of hydrogen-bond acceptors (Lipinski definition) is 3. The van der Waals surface area contributed by atoms with E-state index in [1.54, 1.807) is 24.3 Å². The van der Waals surface area contributed by atoms with Crippen LogP contribution in [0.5, 0.6) is 0 Å². The van der Waals surface area contributed by atoms with Gasteiger partial charge in [0.1, 0.15) is 5.82 Å². The summed E-state index contributed by atoms with van der Waals surface area (Å²) >= 11 is 0. The van der Waals surface area contributed by atoms with Crippen molar-refractivity contribution >= 4 is 6.03 Å². The van der Waals surface area contributed by atoms with E-state index >= 15 is 0 Å². The fourth-order valence-corrected chi connectivity index (χ4v) is 2.81. The van der Waals surface area contributed by atoms with Gasteiger partial charge < -0.3 is 21.7 Å². The summed E-state index contributed by atoms with van der Waals surface area (Å²) in [5.41, 5.74) is 12.9. The third kappa shape index (κ3) is 4.35. The van der Waals surface area contributed by atoms with E-state index < -0.39 is 6.03 Å². The molecule has 23 heavy (non-hydrogen) atoms.